The lowest BCUT2D eigenvalue weighted by molar-refractivity contribution is 0.0293. The third kappa shape index (κ3) is 13.9. The third-order valence-electron chi connectivity index (χ3n) is 2.46. The van der Waals surface area contributed by atoms with Crippen molar-refractivity contribution in [3.8, 4) is 0 Å². The summed E-state index contributed by atoms with van der Waals surface area (Å²) in [4.78, 5) is 0. The predicted octanol–water partition coefficient (Wildman–Crippen LogP) is 0.968. The van der Waals surface area contributed by atoms with E-state index in [9.17, 15) is 5.11 Å². The van der Waals surface area contributed by atoms with Gasteiger partial charge in [0.25, 0.3) is 0 Å². The van der Waals surface area contributed by atoms with E-state index in [4.69, 9.17) is 19.3 Å². The Morgan fingerprint density at radius 2 is 1.44 bits per heavy atom. The van der Waals surface area contributed by atoms with E-state index in [1.807, 2.05) is 0 Å². The van der Waals surface area contributed by atoms with Gasteiger partial charge in [0.05, 0.1) is 18.8 Å². The van der Waals surface area contributed by atoms with Gasteiger partial charge in [0, 0.05) is 33.5 Å². The second-order valence-electron chi connectivity index (χ2n) is 4.47. The van der Waals surface area contributed by atoms with Gasteiger partial charge in [0.1, 0.15) is 0 Å². The summed E-state index contributed by atoms with van der Waals surface area (Å²) in [7, 11) is 1.57. The van der Waals surface area contributed by atoms with E-state index in [1.165, 1.54) is 0 Å². The molecule has 5 nitrogen and oxygen atoms in total. The molecular weight excluding hydrogens is 236 g/mol. The van der Waals surface area contributed by atoms with Crippen molar-refractivity contribution in [2.24, 2.45) is 0 Å². The van der Waals surface area contributed by atoms with Crippen LogP contribution in [0.5, 0.6) is 0 Å². The molecule has 0 aromatic heterocycles. The zero-order valence-corrected chi connectivity index (χ0v) is 11.6. The van der Waals surface area contributed by atoms with Crippen LogP contribution in [-0.4, -0.2) is 62.6 Å². The molecule has 0 aliphatic carbocycles. The highest BCUT2D eigenvalue weighted by Gasteiger charge is 2.02. The summed E-state index contributed by atoms with van der Waals surface area (Å²) in [5.41, 5.74) is 0. The standard InChI is InChI=1S/C13H28O5/c1-12(14)5-9-17-7-3-4-8-18-10-6-13(15)11-16-2/h12-15H,3-11H2,1-2H3. The molecule has 2 unspecified atom stereocenters. The van der Waals surface area contributed by atoms with E-state index < -0.39 is 6.10 Å². The van der Waals surface area contributed by atoms with E-state index in [2.05, 4.69) is 0 Å². The van der Waals surface area contributed by atoms with Crippen LogP contribution in [0.3, 0.4) is 0 Å². The van der Waals surface area contributed by atoms with Crippen molar-refractivity contribution < 1.29 is 24.4 Å². The molecular formula is C13H28O5. The van der Waals surface area contributed by atoms with Crippen LogP contribution in [-0.2, 0) is 14.2 Å². The Labute approximate surface area is 110 Å². The molecule has 0 saturated heterocycles. The van der Waals surface area contributed by atoms with Crippen molar-refractivity contribution in [1.29, 1.82) is 0 Å². The number of aliphatic hydroxyl groups excluding tert-OH is 2. The van der Waals surface area contributed by atoms with Gasteiger partial charge < -0.3 is 24.4 Å². The van der Waals surface area contributed by atoms with E-state index in [1.54, 1.807) is 14.0 Å². The fourth-order valence-electron chi connectivity index (χ4n) is 1.36. The molecule has 0 amide bonds. The second-order valence-corrected chi connectivity index (χ2v) is 4.47. The molecule has 0 aliphatic rings. The van der Waals surface area contributed by atoms with Gasteiger partial charge in [-0.3, -0.25) is 0 Å². The largest absolute Gasteiger partial charge is 0.393 e. The van der Waals surface area contributed by atoms with Crippen molar-refractivity contribution >= 4 is 0 Å². The Balaban J connectivity index is 3.03. The first kappa shape index (κ1) is 17.8. The lowest BCUT2D eigenvalue weighted by Crippen LogP contribution is -2.16. The average Bonchev–Trinajstić information content (AvgIpc) is 2.31. The summed E-state index contributed by atoms with van der Waals surface area (Å²) < 4.78 is 15.5. The molecule has 0 aliphatic heterocycles. The Kier molecular flexibility index (Phi) is 13.1. The van der Waals surface area contributed by atoms with Crippen LogP contribution in [0.2, 0.25) is 0 Å². The summed E-state index contributed by atoms with van der Waals surface area (Å²) in [6, 6.07) is 0. The fraction of sp³-hybridized carbons (Fsp3) is 1.00. The maximum absolute atomic E-state index is 9.35. The zero-order valence-electron chi connectivity index (χ0n) is 11.6. The molecule has 0 aromatic rings. The van der Waals surface area contributed by atoms with Crippen LogP contribution in [0.15, 0.2) is 0 Å². The summed E-state index contributed by atoms with van der Waals surface area (Å²) in [6.45, 7) is 4.70. The van der Waals surface area contributed by atoms with Gasteiger partial charge in [-0.2, -0.15) is 0 Å². The second kappa shape index (κ2) is 13.2. The Bertz CT molecular complexity index is 163. The topological polar surface area (TPSA) is 68.2 Å². The minimum absolute atomic E-state index is 0.285. The SMILES string of the molecule is COCC(O)CCOCCCCOCCC(C)O. The lowest BCUT2D eigenvalue weighted by atomic mass is 10.3. The first-order valence-corrected chi connectivity index (χ1v) is 6.67. The Hall–Kier alpha value is -0.200. The summed E-state index contributed by atoms with van der Waals surface area (Å²) >= 11 is 0. The highest BCUT2D eigenvalue weighted by molar-refractivity contribution is 4.52. The number of ether oxygens (including phenoxy) is 3. The van der Waals surface area contributed by atoms with Crippen LogP contribution < -0.4 is 0 Å². The fourth-order valence-corrected chi connectivity index (χ4v) is 1.36. The van der Waals surface area contributed by atoms with Gasteiger partial charge >= 0.3 is 0 Å². The minimum atomic E-state index is -0.432. The smallest absolute Gasteiger partial charge is 0.0795 e. The zero-order chi connectivity index (χ0) is 13.6. The summed E-state index contributed by atoms with van der Waals surface area (Å²) in [5, 5.41) is 18.4. The highest BCUT2D eigenvalue weighted by atomic mass is 16.5. The highest BCUT2D eigenvalue weighted by Crippen LogP contribution is 1.97. The van der Waals surface area contributed by atoms with E-state index in [-0.39, 0.29) is 6.10 Å². The van der Waals surface area contributed by atoms with Crippen LogP contribution in [0.1, 0.15) is 32.6 Å². The van der Waals surface area contributed by atoms with Gasteiger partial charge in [-0.15, -0.1) is 0 Å². The minimum Gasteiger partial charge on any atom is -0.393 e. The van der Waals surface area contributed by atoms with Crippen molar-refractivity contribution in [3.63, 3.8) is 0 Å². The van der Waals surface area contributed by atoms with Gasteiger partial charge in [-0.05, 0) is 32.6 Å². The first-order chi connectivity index (χ1) is 8.66. The monoisotopic (exact) mass is 264 g/mol. The molecule has 0 saturated carbocycles. The number of unbranched alkanes of at least 4 members (excludes halogenated alkanes) is 1. The average molecular weight is 264 g/mol. The molecule has 0 radical (unpaired) electrons. The first-order valence-electron chi connectivity index (χ1n) is 6.67. The van der Waals surface area contributed by atoms with E-state index in [0.29, 0.717) is 45.9 Å². The maximum atomic E-state index is 9.35. The molecule has 18 heavy (non-hydrogen) atoms. The normalized spacial score (nSPS) is 14.7. The molecule has 0 bridgehead atoms. The molecule has 0 rings (SSSR count). The van der Waals surface area contributed by atoms with Gasteiger partial charge in [-0.1, -0.05) is 0 Å². The summed E-state index contributed by atoms with van der Waals surface area (Å²) in [6.07, 6.45) is 2.49. The van der Waals surface area contributed by atoms with E-state index >= 15 is 0 Å². The molecule has 110 valence electrons. The number of hydrogen-bond acceptors (Lipinski definition) is 5. The maximum Gasteiger partial charge on any atom is 0.0795 e. The van der Waals surface area contributed by atoms with Crippen LogP contribution in [0.4, 0.5) is 0 Å². The molecule has 0 spiro atoms. The molecule has 0 fully saturated rings. The van der Waals surface area contributed by atoms with Gasteiger partial charge in [0.2, 0.25) is 0 Å². The predicted molar refractivity (Wildman–Crippen MR) is 69.7 cm³/mol. The molecule has 0 aromatic carbocycles. The molecule has 2 N–H and O–H groups in total. The number of aliphatic hydroxyl groups is 2. The van der Waals surface area contributed by atoms with Crippen molar-refractivity contribution in [2.45, 2.75) is 44.8 Å². The van der Waals surface area contributed by atoms with Crippen LogP contribution in [0, 0.1) is 0 Å². The van der Waals surface area contributed by atoms with Crippen molar-refractivity contribution in [1.82, 2.24) is 0 Å². The number of methoxy groups -OCH3 is 1. The molecule has 0 heterocycles. The number of hydrogen-bond donors (Lipinski definition) is 2. The summed E-state index contributed by atoms with van der Waals surface area (Å²) in [5.74, 6) is 0. The Morgan fingerprint density at radius 3 is 1.94 bits per heavy atom. The lowest BCUT2D eigenvalue weighted by Gasteiger charge is -2.09. The quantitative estimate of drug-likeness (QED) is 0.485. The van der Waals surface area contributed by atoms with Gasteiger partial charge in [-0.25, -0.2) is 0 Å². The van der Waals surface area contributed by atoms with E-state index in [0.717, 1.165) is 12.8 Å². The molecule has 5 heteroatoms. The Morgan fingerprint density at radius 1 is 0.889 bits per heavy atom. The van der Waals surface area contributed by atoms with Gasteiger partial charge in [0.15, 0.2) is 0 Å². The molecule has 2 atom stereocenters. The van der Waals surface area contributed by atoms with Crippen molar-refractivity contribution in [3.05, 3.63) is 0 Å². The van der Waals surface area contributed by atoms with Crippen molar-refractivity contribution in [2.75, 3.05) is 40.1 Å². The number of rotatable bonds is 13. The van der Waals surface area contributed by atoms with Crippen LogP contribution in [0.25, 0.3) is 0 Å². The van der Waals surface area contributed by atoms with Crippen LogP contribution >= 0.6 is 0 Å². The third-order valence-corrected chi connectivity index (χ3v) is 2.46.